The summed E-state index contributed by atoms with van der Waals surface area (Å²) >= 11 is 6.13. The van der Waals surface area contributed by atoms with E-state index in [1.54, 1.807) is 0 Å². The molecule has 11 heavy (non-hydrogen) atoms. The van der Waals surface area contributed by atoms with Crippen LogP contribution in [0.2, 0.25) is 0 Å². The molecule has 2 heteroatoms. The van der Waals surface area contributed by atoms with E-state index in [4.69, 9.17) is 11.8 Å². The molecular weight excluding hydrogens is 158 g/mol. The summed E-state index contributed by atoms with van der Waals surface area (Å²) in [5.41, 5.74) is 0. The van der Waals surface area contributed by atoms with Gasteiger partial charge in [0.1, 0.15) is 0 Å². The molecule has 0 saturated heterocycles. The lowest BCUT2D eigenvalue weighted by Gasteiger charge is -2.31. The number of nitrogens with zero attached hydrogens (tertiary/aromatic N) is 1. The Morgan fingerprint density at radius 2 is 1.73 bits per heavy atom. The van der Waals surface area contributed by atoms with Crippen LogP contribution >= 0.6 is 11.8 Å². The average Bonchev–Trinajstić information content (AvgIpc) is 2.05. The van der Waals surface area contributed by atoms with Gasteiger partial charge in [0.25, 0.3) is 0 Å². The van der Waals surface area contributed by atoms with Gasteiger partial charge in [0.15, 0.2) is 0 Å². The normalized spacial score (nSPS) is 21.5. The molecule has 0 N–H and O–H groups in total. The molecule has 0 aromatic rings. The van der Waals surface area contributed by atoms with E-state index in [0.717, 1.165) is 0 Å². The zero-order valence-corrected chi connectivity index (χ0v) is 8.27. The Morgan fingerprint density at radius 1 is 1.18 bits per heavy atom. The number of hydrogen-bond acceptors (Lipinski definition) is 1. The number of halogens is 1. The SMILES string of the molecule is CC(C)N(Cl)C1CCCCC1. The highest BCUT2D eigenvalue weighted by molar-refractivity contribution is 6.13. The molecule has 0 bridgehead atoms. The van der Waals surface area contributed by atoms with Crippen molar-refractivity contribution in [3.63, 3.8) is 0 Å². The maximum atomic E-state index is 6.13. The van der Waals surface area contributed by atoms with Crippen LogP contribution in [0.4, 0.5) is 0 Å². The molecule has 1 rings (SSSR count). The molecule has 0 heterocycles. The molecule has 1 aliphatic carbocycles. The number of hydrogen-bond donors (Lipinski definition) is 0. The largest absolute Gasteiger partial charge is 0.215 e. The van der Waals surface area contributed by atoms with Crippen molar-refractivity contribution in [3.05, 3.63) is 0 Å². The molecule has 1 nitrogen and oxygen atoms in total. The van der Waals surface area contributed by atoms with Gasteiger partial charge < -0.3 is 0 Å². The summed E-state index contributed by atoms with van der Waals surface area (Å²) in [5, 5.41) is 0. The van der Waals surface area contributed by atoms with Gasteiger partial charge in [0.05, 0.1) is 0 Å². The second-order valence-corrected chi connectivity index (χ2v) is 4.12. The van der Waals surface area contributed by atoms with Crippen LogP contribution in [0.1, 0.15) is 46.0 Å². The molecule has 1 saturated carbocycles. The smallest absolute Gasteiger partial charge is 0.0254 e. The fourth-order valence-electron chi connectivity index (χ4n) is 1.75. The summed E-state index contributed by atoms with van der Waals surface area (Å²) in [4.78, 5) is 0. The lowest BCUT2D eigenvalue weighted by atomic mass is 9.95. The van der Waals surface area contributed by atoms with Gasteiger partial charge in [-0.2, -0.15) is 0 Å². The Hall–Kier alpha value is 0.250. The van der Waals surface area contributed by atoms with Gasteiger partial charge in [-0.3, -0.25) is 0 Å². The van der Waals surface area contributed by atoms with Gasteiger partial charge in [-0.25, -0.2) is 4.42 Å². The summed E-state index contributed by atoms with van der Waals surface area (Å²) in [7, 11) is 0. The van der Waals surface area contributed by atoms with Crippen LogP contribution in [0.25, 0.3) is 0 Å². The maximum Gasteiger partial charge on any atom is 0.0254 e. The van der Waals surface area contributed by atoms with Crippen LogP contribution < -0.4 is 0 Å². The monoisotopic (exact) mass is 175 g/mol. The van der Waals surface area contributed by atoms with E-state index in [1.807, 2.05) is 4.42 Å². The van der Waals surface area contributed by atoms with Gasteiger partial charge in [-0.05, 0) is 38.5 Å². The van der Waals surface area contributed by atoms with Crippen molar-refractivity contribution in [2.24, 2.45) is 0 Å². The summed E-state index contributed by atoms with van der Waals surface area (Å²) < 4.78 is 2.00. The fraction of sp³-hybridized carbons (Fsp3) is 1.00. The minimum absolute atomic E-state index is 0.486. The molecule has 1 aliphatic rings. The molecule has 0 unspecified atom stereocenters. The van der Waals surface area contributed by atoms with Crippen LogP contribution in [0.5, 0.6) is 0 Å². The van der Waals surface area contributed by atoms with E-state index >= 15 is 0 Å². The fourth-order valence-corrected chi connectivity index (χ4v) is 1.94. The Morgan fingerprint density at radius 3 is 2.18 bits per heavy atom. The number of rotatable bonds is 2. The molecule has 1 fully saturated rings. The van der Waals surface area contributed by atoms with Crippen molar-refractivity contribution >= 4 is 11.8 Å². The molecule has 0 radical (unpaired) electrons. The van der Waals surface area contributed by atoms with E-state index in [9.17, 15) is 0 Å². The van der Waals surface area contributed by atoms with Gasteiger partial charge in [-0.1, -0.05) is 19.3 Å². The second kappa shape index (κ2) is 4.32. The van der Waals surface area contributed by atoms with Crippen LogP contribution in [-0.4, -0.2) is 16.5 Å². The van der Waals surface area contributed by atoms with E-state index in [2.05, 4.69) is 13.8 Å². The third-order valence-electron chi connectivity index (χ3n) is 2.42. The van der Waals surface area contributed by atoms with E-state index in [1.165, 1.54) is 32.1 Å². The minimum atomic E-state index is 0.486. The Kier molecular flexibility index (Phi) is 3.67. The summed E-state index contributed by atoms with van der Waals surface area (Å²) in [5.74, 6) is 0. The molecule has 0 spiro atoms. The first kappa shape index (κ1) is 9.34. The lowest BCUT2D eigenvalue weighted by Crippen LogP contribution is -2.34. The Bertz CT molecular complexity index is 108. The Labute approximate surface area is 74.8 Å². The van der Waals surface area contributed by atoms with Crippen molar-refractivity contribution < 1.29 is 0 Å². The average molecular weight is 176 g/mol. The third kappa shape index (κ3) is 2.64. The second-order valence-electron chi connectivity index (χ2n) is 3.73. The molecule has 0 aliphatic heterocycles. The molecule has 0 aromatic carbocycles. The summed E-state index contributed by atoms with van der Waals surface area (Å²) in [6, 6.07) is 1.13. The summed E-state index contributed by atoms with van der Waals surface area (Å²) in [6.45, 7) is 4.31. The predicted molar refractivity (Wildman–Crippen MR) is 49.7 cm³/mol. The predicted octanol–water partition coefficient (Wildman–Crippen LogP) is 3.18. The molecule has 66 valence electrons. The van der Waals surface area contributed by atoms with Gasteiger partial charge >= 0.3 is 0 Å². The zero-order chi connectivity index (χ0) is 8.27. The van der Waals surface area contributed by atoms with Gasteiger partial charge in [-0.15, -0.1) is 0 Å². The molecule has 0 amide bonds. The highest BCUT2D eigenvalue weighted by Gasteiger charge is 2.21. The standard InChI is InChI=1S/C9H18ClN/c1-8(2)11(10)9-6-4-3-5-7-9/h8-9H,3-7H2,1-2H3. The minimum Gasteiger partial charge on any atom is -0.215 e. The van der Waals surface area contributed by atoms with Crippen LogP contribution in [0.3, 0.4) is 0 Å². The molecule has 0 atom stereocenters. The third-order valence-corrected chi connectivity index (χ3v) is 3.08. The van der Waals surface area contributed by atoms with Gasteiger partial charge in [0.2, 0.25) is 0 Å². The van der Waals surface area contributed by atoms with Crippen molar-refractivity contribution in [2.75, 3.05) is 0 Å². The van der Waals surface area contributed by atoms with Crippen molar-refractivity contribution in [2.45, 2.75) is 58.0 Å². The van der Waals surface area contributed by atoms with E-state index in [0.29, 0.717) is 12.1 Å². The zero-order valence-electron chi connectivity index (χ0n) is 7.52. The first-order valence-corrected chi connectivity index (χ1v) is 4.99. The molecular formula is C9H18ClN. The van der Waals surface area contributed by atoms with Crippen LogP contribution in [0, 0.1) is 0 Å². The van der Waals surface area contributed by atoms with E-state index in [-0.39, 0.29) is 0 Å². The van der Waals surface area contributed by atoms with Crippen molar-refractivity contribution in [1.82, 2.24) is 4.42 Å². The van der Waals surface area contributed by atoms with Crippen LogP contribution in [-0.2, 0) is 0 Å². The quantitative estimate of drug-likeness (QED) is 0.583. The first-order chi connectivity index (χ1) is 5.22. The maximum absolute atomic E-state index is 6.13. The topological polar surface area (TPSA) is 3.24 Å². The summed E-state index contributed by atoms with van der Waals surface area (Å²) in [6.07, 6.45) is 6.71. The van der Waals surface area contributed by atoms with E-state index < -0.39 is 0 Å². The lowest BCUT2D eigenvalue weighted by molar-refractivity contribution is 0.229. The van der Waals surface area contributed by atoms with Crippen molar-refractivity contribution in [1.29, 1.82) is 0 Å². The van der Waals surface area contributed by atoms with Crippen molar-refractivity contribution in [3.8, 4) is 0 Å². The first-order valence-electron chi connectivity index (χ1n) is 4.66. The van der Waals surface area contributed by atoms with Gasteiger partial charge in [0, 0.05) is 12.1 Å². The molecule has 0 aromatic heterocycles. The Balaban J connectivity index is 2.32. The highest BCUT2D eigenvalue weighted by atomic mass is 35.5. The van der Waals surface area contributed by atoms with Crippen LogP contribution in [0.15, 0.2) is 0 Å². The highest BCUT2D eigenvalue weighted by Crippen LogP contribution is 2.25.